The molecule has 0 bridgehead atoms. The fraction of sp³-hybridized carbons (Fsp3) is 0.689. The second kappa shape index (κ2) is 42.3. The molecule has 10 amide bonds. The van der Waals surface area contributed by atoms with Crippen LogP contribution in [-0.4, -0.2) is 281 Å². The maximum Gasteiger partial charge on any atom is 0.410 e. The topological polar surface area (TPSA) is 481 Å². The van der Waals surface area contributed by atoms with Crippen LogP contribution < -0.4 is 37.6 Å². The van der Waals surface area contributed by atoms with Crippen LogP contribution in [-0.2, 0) is 78.2 Å². The number of nitrogens with zero attached hydrogens (tertiary/aromatic N) is 5. The smallest absolute Gasteiger partial charge is 0.410 e. The zero-order valence-electron chi connectivity index (χ0n) is 64.9. The van der Waals surface area contributed by atoms with Crippen molar-refractivity contribution in [3.63, 3.8) is 0 Å². The summed E-state index contributed by atoms with van der Waals surface area (Å²) in [5.41, 5.74) is 6.66. The standard InChI is InChI=1S/C74H116N12O23/c1-16-40(8)58(49(102-14)32-53(89)86-31-21-25-48(86)64(103-15)41(9)66(95)78-42(10)59(90)45-22-18-17-19-23-45)84(12)70(99)55(38(4)5)83-69(98)57(39(6)7)85(13)74(101)104-35-44-26-28-46(29-27-44)80-67(96)47(24-20-30-76-73(75)100)81-68(97)54(37(2)3)82-52(88)36-105-77-33-50-60(91)62(93)63(94)72(107-50)109-65-51(34-87)108-71-56(61(65)92)79-43(11)106-71/h17-19,22-23,26-29,33,37-42,47-51,54-65,71-72,87,90-94H,16,20-21,24-25,30-32,34-36H2,1-15H3,(H,78,95)(H,80,96)(H,81,97)(H,82,88)(H,83,98)(H3,75,76,100)/b77-33+/t40-,41+,42+,47-,48-,49+,50+,51+,54-,55-,56+,57-,58-,59+,60-,61+,62-,63+,64+,65+,71-,72-/m0/s1. The molecule has 3 saturated heterocycles. The highest BCUT2D eigenvalue weighted by molar-refractivity contribution is 5.98. The summed E-state index contributed by atoms with van der Waals surface area (Å²) < 4.78 is 40.3. The quantitative estimate of drug-likeness (QED) is 0.0249. The van der Waals surface area contributed by atoms with E-state index in [-0.39, 0.29) is 61.7 Å². The van der Waals surface area contributed by atoms with Crippen LogP contribution in [0, 0.1) is 29.6 Å². The third kappa shape index (κ3) is 24.1. The van der Waals surface area contributed by atoms with Crippen LogP contribution in [0.5, 0.6) is 0 Å². The van der Waals surface area contributed by atoms with E-state index >= 15 is 0 Å². The van der Waals surface area contributed by atoms with Gasteiger partial charge >= 0.3 is 12.1 Å². The molecule has 0 saturated carbocycles. The number of benzene rings is 2. The van der Waals surface area contributed by atoms with Gasteiger partial charge in [-0.2, -0.15) is 0 Å². The summed E-state index contributed by atoms with van der Waals surface area (Å²) in [4.78, 5) is 138. The first-order valence-corrected chi connectivity index (χ1v) is 37.1. The van der Waals surface area contributed by atoms with Crippen molar-refractivity contribution in [1.29, 1.82) is 0 Å². The number of likely N-dealkylation sites (tertiary alicyclic amines) is 1. The number of nitrogens with two attached hydrogens (primary N) is 1. The van der Waals surface area contributed by atoms with Crippen LogP contribution in [0.25, 0.3) is 0 Å². The van der Waals surface area contributed by atoms with Crippen molar-refractivity contribution in [2.75, 3.05) is 59.9 Å². The minimum Gasteiger partial charge on any atom is -0.450 e. The van der Waals surface area contributed by atoms with E-state index in [0.29, 0.717) is 36.9 Å². The average Bonchev–Trinajstić information content (AvgIpc) is 1.73. The van der Waals surface area contributed by atoms with E-state index in [2.05, 4.69) is 42.0 Å². The Balaban J connectivity index is 1.02. The monoisotopic (exact) mass is 1540 g/mol. The molecule has 3 fully saturated rings. The van der Waals surface area contributed by atoms with Crippen molar-refractivity contribution >= 4 is 71.3 Å². The molecule has 0 spiro atoms. The van der Waals surface area contributed by atoms with Gasteiger partial charge in [-0.25, -0.2) is 14.6 Å². The molecule has 4 aliphatic rings. The molecule has 0 aromatic heterocycles. The van der Waals surface area contributed by atoms with Crippen LogP contribution >= 0.6 is 0 Å². The van der Waals surface area contributed by atoms with Gasteiger partial charge in [0.25, 0.3) is 5.91 Å². The van der Waals surface area contributed by atoms with E-state index in [1.807, 2.05) is 32.0 Å². The van der Waals surface area contributed by atoms with Gasteiger partial charge in [0.05, 0.1) is 61.6 Å². The number of oxime groups is 1. The first kappa shape index (κ1) is 89.7. The molecule has 22 atom stereocenters. The van der Waals surface area contributed by atoms with E-state index in [4.69, 9.17) is 43.7 Å². The van der Waals surface area contributed by atoms with Crippen LogP contribution in [0.2, 0.25) is 0 Å². The molecule has 4 heterocycles. The Morgan fingerprint density at radius 1 is 0.780 bits per heavy atom. The number of aliphatic hydroxyl groups is 6. The van der Waals surface area contributed by atoms with Gasteiger partial charge in [-0.1, -0.05) is 116 Å². The molecular formula is C74H116N12O23. The zero-order chi connectivity index (χ0) is 80.8. The molecule has 0 radical (unpaired) electrons. The molecule has 14 N–H and O–H groups in total. The second-order valence-corrected chi connectivity index (χ2v) is 29.3. The fourth-order valence-electron chi connectivity index (χ4n) is 14.0. The Labute approximate surface area is 636 Å². The normalized spacial score (nSPS) is 25.0. The largest absolute Gasteiger partial charge is 0.450 e. The number of likely N-dealkylation sites (N-methyl/N-ethyl adjacent to an activating group) is 2. The zero-order valence-corrected chi connectivity index (χ0v) is 64.9. The fourth-order valence-corrected chi connectivity index (χ4v) is 14.0. The highest BCUT2D eigenvalue weighted by Crippen LogP contribution is 2.35. The molecule has 109 heavy (non-hydrogen) atoms. The van der Waals surface area contributed by atoms with E-state index in [1.54, 1.807) is 98.5 Å². The number of fused-ring (bicyclic) bond motifs is 1. The minimum atomic E-state index is -1.88. The highest BCUT2D eigenvalue weighted by atomic mass is 16.7. The Kier molecular flexibility index (Phi) is 34.8. The maximum atomic E-state index is 14.9. The van der Waals surface area contributed by atoms with Crippen molar-refractivity contribution < 1.29 is 112 Å². The number of urea groups is 1. The number of nitrogens with one attached hydrogen (secondary N) is 6. The maximum absolute atomic E-state index is 14.9. The van der Waals surface area contributed by atoms with Crippen LogP contribution in [0.15, 0.2) is 64.7 Å². The lowest BCUT2D eigenvalue weighted by Crippen LogP contribution is -2.63. The summed E-state index contributed by atoms with van der Waals surface area (Å²) in [6, 6.07) is 7.01. The molecule has 4 aliphatic heterocycles. The number of anilines is 1. The van der Waals surface area contributed by atoms with Gasteiger partial charge in [0.15, 0.2) is 18.8 Å². The summed E-state index contributed by atoms with van der Waals surface area (Å²) >= 11 is 0. The molecule has 6 rings (SSSR count). The predicted octanol–water partition coefficient (Wildman–Crippen LogP) is 0.682. The predicted molar refractivity (Wildman–Crippen MR) is 395 cm³/mol. The molecule has 2 aromatic carbocycles. The van der Waals surface area contributed by atoms with E-state index < -0.39 is 201 Å². The molecule has 35 nitrogen and oxygen atoms in total. The molecule has 35 heteroatoms. The van der Waals surface area contributed by atoms with Crippen molar-refractivity contribution in [2.24, 2.45) is 45.5 Å². The molecule has 0 aliphatic carbocycles. The molecule has 610 valence electrons. The molecule has 2 aromatic rings. The summed E-state index contributed by atoms with van der Waals surface area (Å²) in [6.45, 7) is 18.0. The number of hydrogen-bond acceptors (Lipinski definition) is 25. The molecular weight excluding hydrogens is 1420 g/mol. The average molecular weight is 1540 g/mol. The number of carbonyl (C=O) groups is 9. The SMILES string of the molecule is CC[C@H](C)[C@@H]([C@@H](CC(=O)N1CCC[C@H]1[C@H](OC)[C@@H](C)C(=O)N[C@H](C)[C@@H](O)c1ccccc1)OC)N(C)C(=O)[C@@H](NC(=O)[C@H](C(C)C)N(C)C(=O)OCc1ccc(NC(=O)[C@H](CCCNC(N)=O)NC(=O)[C@@H](NC(=O)CO/N=C/[C@H]2O[C@@H](O[C@H]3[C@H](O)[C@H]4N=C(C)O[C@H]4O[C@@H]3CO)[C@H](O)[C@@H](O)[C@H]2O)C(C)C)cc1)C(C)C. The molecule has 0 unspecified atom stereocenters. The third-order valence-corrected chi connectivity index (χ3v) is 20.3. The van der Waals surface area contributed by atoms with Gasteiger partial charge in [0.1, 0.15) is 79.5 Å². The van der Waals surface area contributed by atoms with Gasteiger partial charge in [0.2, 0.25) is 41.7 Å². The Bertz CT molecular complexity index is 3380. The van der Waals surface area contributed by atoms with E-state index in [1.165, 1.54) is 38.3 Å². The van der Waals surface area contributed by atoms with Crippen molar-refractivity contribution in [3.8, 4) is 0 Å². The number of methoxy groups -OCH3 is 2. The number of primary amides is 1. The summed E-state index contributed by atoms with van der Waals surface area (Å²) in [7, 11) is 6.02. The summed E-state index contributed by atoms with van der Waals surface area (Å²) in [5.74, 6) is -6.15. The van der Waals surface area contributed by atoms with Gasteiger partial charge in [-0.15, -0.1) is 0 Å². The number of aliphatic hydroxyl groups excluding tert-OH is 6. The number of amides is 10. The van der Waals surface area contributed by atoms with Crippen molar-refractivity contribution in [1.82, 2.24) is 41.3 Å². The Morgan fingerprint density at radius 2 is 1.45 bits per heavy atom. The number of carbonyl (C=O) groups excluding carboxylic acids is 9. The van der Waals surface area contributed by atoms with Crippen molar-refractivity contribution in [2.45, 2.75) is 243 Å². The number of aliphatic imine (C=N–C) groups is 1. The highest BCUT2D eigenvalue weighted by Gasteiger charge is 2.53. The lowest BCUT2D eigenvalue weighted by Gasteiger charge is -2.44. The minimum absolute atomic E-state index is 0.0189. The van der Waals surface area contributed by atoms with Crippen LogP contribution in [0.4, 0.5) is 15.3 Å². The van der Waals surface area contributed by atoms with E-state index in [0.717, 1.165) is 11.1 Å². The lowest BCUT2D eigenvalue weighted by molar-refractivity contribution is -0.330. The summed E-state index contributed by atoms with van der Waals surface area (Å²) in [6.07, 6.45) is -14.3. The Hall–Kier alpha value is -8.23. The van der Waals surface area contributed by atoms with Gasteiger partial charge in [-0.3, -0.25) is 38.5 Å². The van der Waals surface area contributed by atoms with Crippen LogP contribution in [0.1, 0.15) is 132 Å². The van der Waals surface area contributed by atoms with Gasteiger partial charge in [-0.05, 0) is 79.5 Å². The lowest BCUT2D eigenvalue weighted by atomic mass is 9.89. The number of rotatable bonds is 39. The first-order chi connectivity index (χ1) is 51.6. The van der Waals surface area contributed by atoms with Gasteiger partial charge in [0, 0.05) is 54.0 Å². The summed E-state index contributed by atoms with van der Waals surface area (Å²) in [5, 5.41) is 84.1. The van der Waals surface area contributed by atoms with E-state index in [9.17, 15) is 73.8 Å². The number of ether oxygens (including phenoxy) is 7. The van der Waals surface area contributed by atoms with Gasteiger partial charge < -0.3 is 116 Å². The second-order valence-electron chi connectivity index (χ2n) is 29.3. The number of hydrogen-bond donors (Lipinski definition) is 13. The Morgan fingerprint density at radius 3 is 2.06 bits per heavy atom. The van der Waals surface area contributed by atoms with Crippen molar-refractivity contribution in [3.05, 3.63) is 65.7 Å². The first-order valence-electron chi connectivity index (χ1n) is 37.1. The van der Waals surface area contributed by atoms with Crippen LogP contribution in [0.3, 0.4) is 0 Å². The third-order valence-electron chi connectivity index (χ3n) is 20.3.